The number of aromatic hydroxyl groups is 1. The molecule has 0 radical (unpaired) electrons. The van der Waals surface area contributed by atoms with E-state index < -0.39 is 0 Å². The molecule has 3 rings (SSSR count). The van der Waals surface area contributed by atoms with Crippen LogP contribution in [0.4, 0.5) is 17.1 Å². The van der Waals surface area contributed by atoms with Gasteiger partial charge in [0.05, 0.1) is 5.69 Å². The zero-order valence-electron chi connectivity index (χ0n) is 13.5. The van der Waals surface area contributed by atoms with Crippen molar-refractivity contribution in [2.24, 2.45) is 10.2 Å². The molecule has 23 heavy (non-hydrogen) atoms. The van der Waals surface area contributed by atoms with Crippen LogP contribution in [-0.4, -0.2) is 5.11 Å². The second-order valence-corrected chi connectivity index (χ2v) is 5.84. The van der Waals surface area contributed by atoms with Crippen molar-refractivity contribution in [1.82, 2.24) is 0 Å². The first kappa shape index (κ1) is 15.0. The summed E-state index contributed by atoms with van der Waals surface area (Å²) < 4.78 is 0. The van der Waals surface area contributed by atoms with E-state index in [9.17, 15) is 5.11 Å². The maximum atomic E-state index is 10.5. The van der Waals surface area contributed by atoms with Crippen LogP contribution in [0.15, 0.2) is 52.7 Å². The lowest BCUT2D eigenvalue weighted by molar-refractivity contribution is 0.482. The van der Waals surface area contributed by atoms with Crippen LogP contribution in [0.3, 0.4) is 0 Å². The predicted molar refractivity (Wildman–Crippen MR) is 94.9 cm³/mol. The van der Waals surface area contributed by atoms with Crippen LogP contribution in [0.5, 0.6) is 5.75 Å². The fourth-order valence-corrected chi connectivity index (χ4v) is 2.54. The molecule has 0 aliphatic heterocycles. The van der Waals surface area contributed by atoms with Gasteiger partial charge in [0.1, 0.15) is 5.69 Å². The third-order valence-electron chi connectivity index (χ3n) is 4.06. The Bertz CT molecular complexity index is 930. The van der Waals surface area contributed by atoms with E-state index >= 15 is 0 Å². The minimum atomic E-state index is 0.111. The molecule has 3 aromatic carbocycles. The number of hydrogen-bond donors (Lipinski definition) is 2. The summed E-state index contributed by atoms with van der Waals surface area (Å²) in [6, 6.07) is 13.3. The summed E-state index contributed by atoms with van der Waals surface area (Å²) in [4.78, 5) is 0. The van der Waals surface area contributed by atoms with Crippen molar-refractivity contribution in [2.75, 3.05) is 5.73 Å². The van der Waals surface area contributed by atoms with Gasteiger partial charge in [-0.3, -0.25) is 0 Å². The van der Waals surface area contributed by atoms with E-state index in [1.165, 1.54) is 5.56 Å². The highest BCUT2D eigenvalue weighted by Crippen LogP contribution is 2.39. The fourth-order valence-electron chi connectivity index (χ4n) is 2.54. The molecular weight excluding hydrogens is 286 g/mol. The first-order chi connectivity index (χ1) is 11.0. The Morgan fingerprint density at radius 2 is 1.61 bits per heavy atom. The molecule has 0 heterocycles. The highest BCUT2D eigenvalue weighted by Gasteiger charge is 2.10. The Morgan fingerprint density at radius 1 is 0.826 bits per heavy atom. The van der Waals surface area contributed by atoms with Crippen LogP contribution in [0.25, 0.3) is 10.8 Å². The van der Waals surface area contributed by atoms with Crippen molar-refractivity contribution < 1.29 is 5.11 Å². The molecular formula is C19H19N3O. The van der Waals surface area contributed by atoms with Gasteiger partial charge in [0.2, 0.25) is 0 Å². The van der Waals surface area contributed by atoms with Crippen LogP contribution >= 0.6 is 0 Å². The van der Waals surface area contributed by atoms with E-state index in [1.807, 2.05) is 50.2 Å². The number of rotatable bonds is 2. The smallest absolute Gasteiger partial charge is 0.151 e. The van der Waals surface area contributed by atoms with Gasteiger partial charge in [0.25, 0.3) is 0 Å². The molecule has 0 saturated heterocycles. The molecule has 116 valence electrons. The number of benzene rings is 3. The summed E-state index contributed by atoms with van der Waals surface area (Å²) >= 11 is 0. The first-order valence-corrected chi connectivity index (χ1v) is 7.46. The molecule has 0 saturated carbocycles. The molecule has 0 bridgehead atoms. The molecule has 0 aliphatic rings. The van der Waals surface area contributed by atoms with Crippen molar-refractivity contribution >= 4 is 27.8 Å². The number of phenols is 1. The van der Waals surface area contributed by atoms with Gasteiger partial charge in [-0.25, -0.2) is 0 Å². The third kappa shape index (κ3) is 2.88. The van der Waals surface area contributed by atoms with Gasteiger partial charge in [0, 0.05) is 11.1 Å². The number of nitrogens with two attached hydrogens (primary N) is 1. The van der Waals surface area contributed by atoms with Crippen LogP contribution in [0, 0.1) is 20.8 Å². The lowest BCUT2D eigenvalue weighted by atomic mass is 10.0. The van der Waals surface area contributed by atoms with Crippen LogP contribution in [0.2, 0.25) is 0 Å². The third-order valence-corrected chi connectivity index (χ3v) is 4.06. The van der Waals surface area contributed by atoms with Gasteiger partial charge >= 0.3 is 0 Å². The lowest BCUT2D eigenvalue weighted by Crippen LogP contribution is -1.86. The predicted octanol–water partition coefficient (Wildman–Crippen LogP) is 5.47. The second kappa shape index (κ2) is 5.72. The number of fused-ring (bicyclic) bond motifs is 1. The Kier molecular flexibility index (Phi) is 3.74. The number of hydrogen-bond acceptors (Lipinski definition) is 4. The molecule has 0 amide bonds. The van der Waals surface area contributed by atoms with E-state index in [2.05, 4.69) is 17.2 Å². The van der Waals surface area contributed by atoms with Gasteiger partial charge in [0.15, 0.2) is 5.75 Å². The number of anilines is 1. The summed E-state index contributed by atoms with van der Waals surface area (Å²) in [6.07, 6.45) is 0. The normalized spacial score (nSPS) is 11.4. The molecule has 3 aromatic rings. The number of aryl methyl sites for hydroxylation is 3. The summed E-state index contributed by atoms with van der Waals surface area (Å²) in [5, 5.41) is 20.7. The molecule has 0 fully saturated rings. The van der Waals surface area contributed by atoms with Gasteiger partial charge in [-0.05, 0) is 73.2 Å². The quantitative estimate of drug-likeness (QED) is 0.487. The summed E-state index contributed by atoms with van der Waals surface area (Å²) in [5.74, 6) is 0.111. The summed E-state index contributed by atoms with van der Waals surface area (Å²) in [6.45, 7) is 6.00. The van der Waals surface area contributed by atoms with Crippen molar-refractivity contribution in [3.8, 4) is 5.75 Å². The molecule has 0 unspecified atom stereocenters. The highest BCUT2D eigenvalue weighted by molar-refractivity contribution is 5.95. The lowest BCUT2D eigenvalue weighted by Gasteiger charge is -2.08. The van der Waals surface area contributed by atoms with Crippen molar-refractivity contribution in [2.45, 2.75) is 20.8 Å². The molecule has 4 heteroatoms. The van der Waals surface area contributed by atoms with Gasteiger partial charge in [-0.1, -0.05) is 12.1 Å². The Hall–Kier alpha value is -2.88. The number of azo groups is 1. The van der Waals surface area contributed by atoms with E-state index in [4.69, 9.17) is 5.73 Å². The largest absolute Gasteiger partial charge is 0.505 e. The van der Waals surface area contributed by atoms with E-state index in [1.54, 1.807) is 6.07 Å². The zero-order valence-corrected chi connectivity index (χ0v) is 13.5. The molecule has 0 aromatic heterocycles. The number of nitrogen functional groups attached to an aromatic ring is 1. The van der Waals surface area contributed by atoms with Crippen molar-refractivity contribution in [3.63, 3.8) is 0 Å². The maximum Gasteiger partial charge on any atom is 0.151 e. The van der Waals surface area contributed by atoms with Crippen molar-refractivity contribution in [1.29, 1.82) is 0 Å². The molecule has 3 N–H and O–H groups in total. The van der Waals surface area contributed by atoms with E-state index in [0.29, 0.717) is 16.8 Å². The van der Waals surface area contributed by atoms with Crippen molar-refractivity contribution in [3.05, 3.63) is 59.2 Å². The van der Waals surface area contributed by atoms with Gasteiger partial charge in [-0.2, -0.15) is 5.11 Å². The molecule has 0 aliphatic carbocycles. The Morgan fingerprint density at radius 3 is 2.35 bits per heavy atom. The van der Waals surface area contributed by atoms with Gasteiger partial charge < -0.3 is 10.8 Å². The van der Waals surface area contributed by atoms with Crippen LogP contribution in [0.1, 0.15) is 16.7 Å². The average molecular weight is 305 g/mol. The molecule has 4 nitrogen and oxygen atoms in total. The molecule has 0 spiro atoms. The molecule has 0 atom stereocenters. The topological polar surface area (TPSA) is 71.0 Å². The zero-order chi connectivity index (χ0) is 16.6. The SMILES string of the molecule is Cc1ccc(N=Nc2c(C)cc3ccc(N)cc3c2O)cc1C. The highest BCUT2D eigenvalue weighted by atomic mass is 16.3. The standard InChI is InChI=1S/C19H19N3O/c1-11-4-7-16(9-12(11)2)21-22-18-13(3)8-14-5-6-15(20)10-17(14)19(18)23/h4-10,23H,20H2,1-3H3. The minimum absolute atomic E-state index is 0.111. The Balaban J connectivity index is 2.08. The second-order valence-electron chi connectivity index (χ2n) is 5.84. The number of phenolic OH excluding ortho intramolecular Hbond substituents is 1. The summed E-state index contributed by atoms with van der Waals surface area (Å²) in [7, 11) is 0. The van der Waals surface area contributed by atoms with Crippen LogP contribution < -0.4 is 5.73 Å². The van der Waals surface area contributed by atoms with Gasteiger partial charge in [-0.15, -0.1) is 5.11 Å². The van der Waals surface area contributed by atoms with Crippen LogP contribution in [-0.2, 0) is 0 Å². The minimum Gasteiger partial charge on any atom is -0.505 e. The average Bonchev–Trinajstić information content (AvgIpc) is 2.51. The monoisotopic (exact) mass is 305 g/mol. The number of nitrogens with zero attached hydrogens (tertiary/aromatic N) is 2. The maximum absolute atomic E-state index is 10.5. The van der Waals surface area contributed by atoms with E-state index in [0.717, 1.165) is 22.2 Å². The van der Waals surface area contributed by atoms with E-state index in [-0.39, 0.29) is 5.75 Å². The first-order valence-electron chi connectivity index (χ1n) is 7.46. The summed E-state index contributed by atoms with van der Waals surface area (Å²) in [5.41, 5.74) is 10.9. The fraction of sp³-hybridized carbons (Fsp3) is 0.158. The Labute approximate surface area is 135 Å².